The lowest BCUT2D eigenvalue weighted by molar-refractivity contribution is -0.385. The predicted molar refractivity (Wildman–Crippen MR) is 51.9 cm³/mol. The molecule has 0 aliphatic heterocycles. The number of benzene rings is 1. The second-order valence-corrected chi connectivity index (χ2v) is 3.09. The van der Waals surface area contributed by atoms with E-state index in [0.29, 0.717) is 0 Å². The molecule has 1 heterocycles. The summed E-state index contributed by atoms with van der Waals surface area (Å²) in [4.78, 5) is 22.9. The Balaban J connectivity index is 2.92. The Morgan fingerprint density at radius 1 is 1.56 bits per heavy atom. The number of nitrogens with zero attached hydrogens (tertiary/aromatic N) is 1. The first-order valence-electron chi connectivity index (χ1n) is 4.19. The highest BCUT2D eigenvalue weighted by molar-refractivity contribution is 5.98. The van der Waals surface area contributed by atoms with Gasteiger partial charge in [-0.15, -0.1) is 0 Å². The molecular weight excluding hydrogens is 219 g/mol. The fourth-order valence-corrected chi connectivity index (χ4v) is 1.49. The average molecular weight is 224 g/mol. The van der Waals surface area contributed by atoms with E-state index in [-0.39, 0.29) is 10.9 Å². The van der Waals surface area contributed by atoms with Gasteiger partial charge in [0.25, 0.3) is 0 Å². The number of nitro benzene ring substituents is 1. The van der Waals surface area contributed by atoms with E-state index in [1.165, 1.54) is 12.3 Å². The lowest BCUT2D eigenvalue weighted by atomic mass is 10.1. The Morgan fingerprint density at radius 3 is 2.81 bits per heavy atom. The molecule has 0 saturated carbocycles. The molecule has 7 heteroatoms. The van der Waals surface area contributed by atoms with Crippen molar-refractivity contribution in [3.63, 3.8) is 0 Å². The van der Waals surface area contributed by atoms with E-state index in [1.54, 1.807) is 0 Å². The average Bonchev–Trinajstić information content (AvgIpc) is 2.62. The summed E-state index contributed by atoms with van der Waals surface area (Å²) in [5, 5.41) is 19.6. The third-order valence-electron chi connectivity index (χ3n) is 2.17. The van der Waals surface area contributed by atoms with Gasteiger partial charge in [-0.25, -0.2) is 4.79 Å². The van der Waals surface area contributed by atoms with Crippen LogP contribution in [0.3, 0.4) is 0 Å². The maximum absolute atomic E-state index is 13.5. The molecule has 0 aliphatic rings. The zero-order chi connectivity index (χ0) is 11.9. The minimum Gasteiger partial charge on any atom is -0.478 e. The number of carbonyl (C=O) groups is 1. The van der Waals surface area contributed by atoms with E-state index >= 15 is 0 Å². The molecule has 2 aromatic rings. The molecule has 16 heavy (non-hydrogen) atoms. The standard InChI is InChI=1S/C9H5FN2O4/c10-6-5(9(13)14)3-4-1-2-11-7(4)8(6)12(15)16/h1-3,11H,(H,13,14). The van der Waals surface area contributed by atoms with E-state index in [0.717, 1.165) is 6.07 Å². The molecule has 6 nitrogen and oxygen atoms in total. The number of aromatic carboxylic acids is 1. The SMILES string of the molecule is O=C(O)c1cc2cc[nH]c2c([N+](=O)[O-])c1F. The molecule has 0 unspecified atom stereocenters. The molecule has 1 aromatic carbocycles. The van der Waals surface area contributed by atoms with E-state index < -0.39 is 28.0 Å². The second-order valence-electron chi connectivity index (χ2n) is 3.09. The highest BCUT2D eigenvalue weighted by atomic mass is 19.1. The minimum absolute atomic E-state index is 0.0208. The summed E-state index contributed by atoms with van der Waals surface area (Å²) in [6.07, 6.45) is 1.38. The second kappa shape index (κ2) is 3.30. The van der Waals surface area contributed by atoms with Gasteiger partial charge >= 0.3 is 11.7 Å². The van der Waals surface area contributed by atoms with Crippen LogP contribution in [0, 0.1) is 15.9 Å². The maximum atomic E-state index is 13.5. The van der Waals surface area contributed by atoms with Gasteiger partial charge in [0.05, 0.1) is 4.92 Å². The molecule has 0 aliphatic carbocycles. The number of hydrogen-bond donors (Lipinski definition) is 2. The van der Waals surface area contributed by atoms with Crippen LogP contribution in [0.4, 0.5) is 10.1 Å². The van der Waals surface area contributed by atoms with Crippen LogP contribution in [0.5, 0.6) is 0 Å². The first-order valence-corrected chi connectivity index (χ1v) is 4.19. The van der Waals surface area contributed by atoms with Crippen molar-refractivity contribution in [1.82, 2.24) is 4.98 Å². The van der Waals surface area contributed by atoms with Crippen LogP contribution in [0.2, 0.25) is 0 Å². The highest BCUT2D eigenvalue weighted by Crippen LogP contribution is 2.30. The number of hydrogen-bond acceptors (Lipinski definition) is 3. The van der Waals surface area contributed by atoms with Crippen molar-refractivity contribution in [2.75, 3.05) is 0 Å². The first-order chi connectivity index (χ1) is 7.52. The van der Waals surface area contributed by atoms with Gasteiger partial charge < -0.3 is 10.1 Å². The molecule has 2 rings (SSSR count). The van der Waals surface area contributed by atoms with Crippen LogP contribution in [-0.2, 0) is 0 Å². The van der Waals surface area contributed by atoms with Gasteiger partial charge in [0.15, 0.2) is 0 Å². The van der Waals surface area contributed by atoms with Crippen LogP contribution in [0.1, 0.15) is 10.4 Å². The number of H-pyrrole nitrogens is 1. The summed E-state index contributed by atoms with van der Waals surface area (Å²) in [5.74, 6) is -2.88. The molecule has 0 radical (unpaired) electrons. The van der Waals surface area contributed by atoms with Crippen LogP contribution < -0.4 is 0 Å². The molecule has 0 bridgehead atoms. The summed E-state index contributed by atoms with van der Waals surface area (Å²) in [6.45, 7) is 0. The predicted octanol–water partition coefficient (Wildman–Crippen LogP) is 1.91. The lowest BCUT2D eigenvalue weighted by Gasteiger charge is -2.00. The molecule has 0 amide bonds. The summed E-state index contributed by atoms with van der Waals surface area (Å²) in [7, 11) is 0. The summed E-state index contributed by atoms with van der Waals surface area (Å²) < 4.78 is 13.5. The van der Waals surface area contributed by atoms with Gasteiger partial charge in [-0.3, -0.25) is 10.1 Å². The lowest BCUT2D eigenvalue weighted by Crippen LogP contribution is -2.04. The van der Waals surface area contributed by atoms with E-state index in [9.17, 15) is 19.3 Å². The molecule has 0 atom stereocenters. The van der Waals surface area contributed by atoms with Gasteiger partial charge in [0.2, 0.25) is 5.82 Å². The Bertz CT molecular complexity index is 605. The number of carboxylic acid groups (broad SMARTS) is 1. The van der Waals surface area contributed by atoms with Crippen LogP contribution >= 0.6 is 0 Å². The monoisotopic (exact) mass is 224 g/mol. The molecule has 0 saturated heterocycles. The van der Waals surface area contributed by atoms with E-state index in [4.69, 9.17) is 5.11 Å². The van der Waals surface area contributed by atoms with Crippen molar-refractivity contribution in [2.45, 2.75) is 0 Å². The van der Waals surface area contributed by atoms with Gasteiger partial charge in [0, 0.05) is 11.6 Å². The number of fused-ring (bicyclic) bond motifs is 1. The van der Waals surface area contributed by atoms with Crippen molar-refractivity contribution in [1.29, 1.82) is 0 Å². The van der Waals surface area contributed by atoms with E-state index in [1.807, 2.05) is 0 Å². The number of halogens is 1. The minimum atomic E-state index is -1.54. The summed E-state index contributed by atoms with van der Waals surface area (Å²) in [5.41, 5.74) is -1.58. The van der Waals surface area contributed by atoms with Gasteiger partial charge in [-0.05, 0) is 12.1 Å². The molecule has 0 spiro atoms. The highest BCUT2D eigenvalue weighted by Gasteiger charge is 2.26. The van der Waals surface area contributed by atoms with Crippen molar-refractivity contribution < 1.29 is 19.2 Å². The fraction of sp³-hybridized carbons (Fsp3) is 0. The molecular formula is C9H5FN2O4. The maximum Gasteiger partial charge on any atom is 0.338 e. The van der Waals surface area contributed by atoms with E-state index in [2.05, 4.69) is 4.98 Å². The quantitative estimate of drug-likeness (QED) is 0.601. The summed E-state index contributed by atoms with van der Waals surface area (Å²) >= 11 is 0. The Hall–Kier alpha value is -2.44. The summed E-state index contributed by atoms with van der Waals surface area (Å²) in [6, 6.07) is 2.49. The largest absolute Gasteiger partial charge is 0.478 e. The Kier molecular flexibility index (Phi) is 2.08. The van der Waals surface area contributed by atoms with Crippen LogP contribution in [-0.4, -0.2) is 21.0 Å². The van der Waals surface area contributed by atoms with Gasteiger partial charge in [-0.2, -0.15) is 4.39 Å². The third-order valence-corrected chi connectivity index (χ3v) is 2.17. The Morgan fingerprint density at radius 2 is 2.25 bits per heavy atom. The molecule has 1 aromatic heterocycles. The number of aromatic amines is 1. The number of aromatic nitrogens is 1. The fourth-order valence-electron chi connectivity index (χ4n) is 1.49. The first kappa shape index (κ1) is 10.1. The molecule has 2 N–H and O–H groups in total. The van der Waals surface area contributed by atoms with Crippen LogP contribution in [0.25, 0.3) is 10.9 Å². The number of rotatable bonds is 2. The van der Waals surface area contributed by atoms with Crippen molar-refractivity contribution >= 4 is 22.6 Å². The van der Waals surface area contributed by atoms with Crippen LogP contribution in [0.15, 0.2) is 18.3 Å². The topological polar surface area (TPSA) is 96.2 Å². The van der Waals surface area contributed by atoms with Crippen molar-refractivity contribution in [3.05, 3.63) is 39.8 Å². The number of nitrogens with one attached hydrogen (secondary N) is 1. The Labute approximate surface area is 87.5 Å². The zero-order valence-electron chi connectivity index (χ0n) is 7.73. The third kappa shape index (κ3) is 1.29. The molecule has 82 valence electrons. The van der Waals surface area contributed by atoms with Crippen molar-refractivity contribution in [2.24, 2.45) is 0 Å². The smallest absolute Gasteiger partial charge is 0.338 e. The number of carboxylic acids is 1. The van der Waals surface area contributed by atoms with Crippen molar-refractivity contribution in [3.8, 4) is 0 Å². The molecule has 0 fully saturated rings. The van der Waals surface area contributed by atoms with Gasteiger partial charge in [-0.1, -0.05) is 0 Å². The zero-order valence-corrected chi connectivity index (χ0v) is 7.73. The number of nitro groups is 1. The normalized spacial score (nSPS) is 10.6. The van der Waals surface area contributed by atoms with Gasteiger partial charge in [0.1, 0.15) is 11.1 Å².